The van der Waals surface area contributed by atoms with E-state index in [0.29, 0.717) is 23.9 Å². The van der Waals surface area contributed by atoms with Gasteiger partial charge in [-0.2, -0.15) is 4.31 Å². The van der Waals surface area contributed by atoms with Crippen LogP contribution in [0.5, 0.6) is 0 Å². The summed E-state index contributed by atoms with van der Waals surface area (Å²) in [5, 5.41) is 0. The first-order valence-electron chi connectivity index (χ1n) is 7.62. The van der Waals surface area contributed by atoms with Crippen molar-refractivity contribution in [3.05, 3.63) is 17.0 Å². The summed E-state index contributed by atoms with van der Waals surface area (Å²) in [5.74, 6) is 0. The summed E-state index contributed by atoms with van der Waals surface area (Å²) in [6.07, 6.45) is -0.00410. The summed E-state index contributed by atoms with van der Waals surface area (Å²) >= 11 is 1.38. The number of nitrogens with zero attached hydrogens (tertiary/aromatic N) is 2. The molecule has 2 aliphatic rings. The van der Waals surface area contributed by atoms with Crippen molar-refractivity contribution < 1.29 is 13.2 Å². The lowest BCUT2D eigenvalue weighted by Gasteiger charge is -2.33. The maximum atomic E-state index is 12.9. The van der Waals surface area contributed by atoms with E-state index in [-0.39, 0.29) is 17.6 Å². The number of thiophene rings is 1. The van der Waals surface area contributed by atoms with Gasteiger partial charge in [0.25, 0.3) is 10.0 Å². The summed E-state index contributed by atoms with van der Waals surface area (Å²) < 4.78 is 33.6. The number of ether oxygens (including phenoxy) is 1. The third-order valence-electron chi connectivity index (χ3n) is 4.46. The molecule has 0 amide bonds. The zero-order chi connectivity index (χ0) is 16.1. The van der Waals surface area contributed by atoms with E-state index in [9.17, 15) is 8.42 Å². The zero-order valence-electron chi connectivity index (χ0n) is 13.6. The van der Waals surface area contributed by atoms with Gasteiger partial charge in [-0.05, 0) is 24.6 Å². The van der Waals surface area contributed by atoms with Crippen molar-refractivity contribution in [1.82, 2.24) is 9.21 Å². The number of morpholine rings is 1. The first-order chi connectivity index (χ1) is 10.2. The van der Waals surface area contributed by atoms with Crippen LogP contribution < -0.4 is 0 Å². The quantitative estimate of drug-likeness (QED) is 0.820. The Kier molecular flexibility index (Phi) is 4.14. The molecular weight excluding hydrogens is 320 g/mol. The molecule has 1 aromatic heterocycles. The molecule has 0 saturated carbocycles. The van der Waals surface area contributed by atoms with Crippen LogP contribution in [0.25, 0.3) is 0 Å². The van der Waals surface area contributed by atoms with Crippen LogP contribution >= 0.6 is 11.3 Å². The Bertz CT molecular complexity index is 648. The molecule has 2 fully saturated rings. The van der Waals surface area contributed by atoms with E-state index in [1.807, 2.05) is 13.1 Å². The molecule has 2 atom stereocenters. The fourth-order valence-corrected chi connectivity index (χ4v) is 6.00. The molecule has 0 aliphatic carbocycles. The van der Waals surface area contributed by atoms with Gasteiger partial charge in [0.15, 0.2) is 0 Å². The minimum absolute atomic E-state index is 0.00410. The highest BCUT2D eigenvalue weighted by atomic mass is 32.2. The lowest BCUT2D eigenvalue weighted by Crippen LogP contribution is -2.48. The smallest absolute Gasteiger partial charge is 0.252 e. The van der Waals surface area contributed by atoms with Crippen molar-refractivity contribution in [1.29, 1.82) is 0 Å². The van der Waals surface area contributed by atoms with E-state index >= 15 is 0 Å². The van der Waals surface area contributed by atoms with Crippen LogP contribution in [0.3, 0.4) is 0 Å². The van der Waals surface area contributed by atoms with E-state index in [0.717, 1.165) is 11.4 Å². The van der Waals surface area contributed by atoms with Gasteiger partial charge in [0.2, 0.25) is 0 Å². The molecule has 0 spiro atoms. The molecule has 0 unspecified atom stereocenters. The second kappa shape index (κ2) is 5.56. The minimum atomic E-state index is -3.41. The number of rotatable bonds is 2. The predicted octanol–water partition coefficient (Wildman–Crippen LogP) is 1.75. The largest absolute Gasteiger partial charge is 0.374 e. The van der Waals surface area contributed by atoms with Crippen molar-refractivity contribution in [2.24, 2.45) is 0 Å². The molecule has 1 aromatic rings. The standard InChI is InChI=1S/C15H24N2O3S2/c1-15(2,3)13-5-6-14(21-13)22(18,19)17-9-11-12(10-17)20-8-7-16(11)4/h5-6,11-12H,7-10H2,1-4H3/t11-,12+/m0/s1. The molecule has 5 nitrogen and oxygen atoms in total. The summed E-state index contributed by atoms with van der Waals surface area (Å²) in [6, 6.07) is 3.85. The van der Waals surface area contributed by atoms with Gasteiger partial charge in [0.1, 0.15) is 4.21 Å². The number of sulfonamides is 1. The van der Waals surface area contributed by atoms with Gasteiger partial charge in [-0.1, -0.05) is 20.8 Å². The van der Waals surface area contributed by atoms with E-state index in [1.54, 1.807) is 10.4 Å². The van der Waals surface area contributed by atoms with Gasteiger partial charge < -0.3 is 4.74 Å². The van der Waals surface area contributed by atoms with E-state index in [2.05, 4.69) is 25.7 Å². The van der Waals surface area contributed by atoms with Gasteiger partial charge in [-0.15, -0.1) is 11.3 Å². The van der Waals surface area contributed by atoms with Crippen LogP contribution in [-0.2, 0) is 20.2 Å². The van der Waals surface area contributed by atoms with Crippen molar-refractivity contribution in [2.45, 2.75) is 42.5 Å². The Morgan fingerprint density at radius 3 is 2.59 bits per heavy atom. The van der Waals surface area contributed by atoms with Gasteiger partial charge in [-0.3, -0.25) is 4.90 Å². The van der Waals surface area contributed by atoms with Crippen molar-refractivity contribution >= 4 is 21.4 Å². The Morgan fingerprint density at radius 1 is 1.27 bits per heavy atom. The third-order valence-corrected chi connectivity index (χ3v) is 8.27. The molecule has 0 bridgehead atoms. The van der Waals surface area contributed by atoms with E-state index < -0.39 is 10.0 Å². The second-order valence-electron chi connectivity index (χ2n) is 7.15. The molecule has 3 rings (SSSR count). The highest BCUT2D eigenvalue weighted by Crippen LogP contribution is 2.35. The molecule has 2 saturated heterocycles. The number of hydrogen-bond acceptors (Lipinski definition) is 5. The maximum Gasteiger partial charge on any atom is 0.252 e. The zero-order valence-corrected chi connectivity index (χ0v) is 15.2. The second-order valence-corrected chi connectivity index (χ2v) is 10.4. The predicted molar refractivity (Wildman–Crippen MR) is 87.9 cm³/mol. The highest BCUT2D eigenvalue weighted by Gasteiger charge is 2.44. The molecule has 0 N–H and O–H groups in total. The Balaban J connectivity index is 1.83. The van der Waals surface area contributed by atoms with Gasteiger partial charge in [0.05, 0.1) is 18.8 Å². The fraction of sp³-hybridized carbons (Fsp3) is 0.733. The maximum absolute atomic E-state index is 12.9. The van der Waals surface area contributed by atoms with Crippen molar-refractivity contribution in [2.75, 3.05) is 33.3 Å². The van der Waals surface area contributed by atoms with Crippen molar-refractivity contribution in [3.63, 3.8) is 0 Å². The number of hydrogen-bond donors (Lipinski definition) is 0. The molecule has 22 heavy (non-hydrogen) atoms. The molecular formula is C15H24N2O3S2. The molecule has 3 heterocycles. The van der Waals surface area contributed by atoms with Crippen LogP contribution in [0.1, 0.15) is 25.6 Å². The Hall–Kier alpha value is -0.470. The number of fused-ring (bicyclic) bond motifs is 1. The number of likely N-dealkylation sites (N-methyl/N-ethyl adjacent to an activating group) is 1. The lowest BCUT2D eigenvalue weighted by atomic mass is 9.95. The molecule has 2 aliphatic heterocycles. The summed E-state index contributed by atoms with van der Waals surface area (Å²) in [6.45, 7) is 8.82. The third kappa shape index (κ3) is 2.85. The van der Waals surface area contributed by atoms with E-state index in [4.69, 9.17) is 4.74 Å². The molecule has 7 heteroatoms. The Labute approximate surface area is 136 Å². The van der Waals surface area contributed by atoms with Crippen molar-refractivity contribution in [3.8, 4) is 0 Å². The van der Waals surface area contributed by atoms with Gasteiger partial charge >= 0.3 is 0 Å². The average Bonchev–Trinajstić information content (AvgIpc) is 3.06. The SMILES string of the molecule is CN1CCO[C@@H]2CN(S(=O)(=O)c3ccc(C(C)(C)C)s3)C[C@@H]21. The summed E-state index contributed by atoms with van der Waals surface area (Å²) in [7, 11) is -1.37. The lowest BCUT2D eigenvalue weighted by molar-refractivity contribution is -0.0366. The fourth-order valence-electron chi connectivity index (χ4n) is 3.01. The molecule has 124 valence electrons. The first kappa shape index (κ1) is 16.4. The van der Waals surface area contributed by atoms with Crippen LogP contribution in [0.2, 0.25) is 0 Å². The highest BCUT2D eigenvalue weighted by molar-refractivity contribution is 7.91. The first-order valence-corrected chi connectivity index (χ1v) is 9.87. The summed E-state index contributed by atoms with van der Waals surface area (Å²) in [5.41, 5.74) is -0.0270. The monoisotopic (exact) mass is 344 g/mol. The minimum Gasteiger partial charge on any atom is -0.374 e. The van der Waals surface area contributed by atoms with Crippen LogP contribution in [0, 0.1) is 0 Å². The molecule has 0 radical (unpaired) electrons. The van der Waals surface area contributed by atoms with Gasteiger partial charge in [0, 0.05) is 24.5 Å². The normalized spacial score (nSPS) is 28.0. The topological polar surface area (TPSA) is 49.9 Å². The van der Waals surface area contributed by atoms with Crippen LogP contribution in [0.15, 0.2) is 16.3 Å². The summed E-state index contributed by atoms with van der Waals surface area (Å²) in [4.78, 5) is 3.30. The van der Waals surface area contributed by atoms with Crippen LogP contribution in [-0.4, -0.2) is 63.1 Å². The van der Waals surface area contributed by atoms with Crippen LogP contribution in [0.4, 0.5) is 0 Å². The van der Waals surface area contributed by atoms with Gasteiger partial charge in [-0.25, -0.2) is 8.42 Å². The van der Waals surface area contributed by atoms with E-state index in [1.165, 1.54) is 11.3 Å². The molecule has 0 aromatic carbocycles. The Morgan fingerprint density at radius 2 is 2.00 bits per heavy atom. The average molecular weight is 345 g/mol.